The Hall–Kier alpha value is -2.03. The number of hydrogen-bond donors (Lipinski definition) is 0. The van der Waals surface area contributed by atoms with E-state index >= 15 is 0 Å². The molecule has 1 aliphatic heterocycles. The molecule has 0 spiro atoms. The maximum Gasteiger partial charge on any atom is 0.178 e. The van der Waals surface area contributed by atoms with Crippen molar-refractivity contribution in [3.05, 3.63) is 43.1 Å². The summed E-state index contributed by atoms with van der Waals surface area (Å²) in [6.45, 7) is 0. The first-order valence-electron chi connectivity index (χ1n) is 4.30. The largest absolute Gasteiger partial charge is 0.458 e. The molecule has 1 aliphatic rings. The number of aromatic nitrogens is 1. The maximum atomic E-state index is 5.39. The predicted octanol–water partition coefficient (Wildman–Crippen LogP) is 2.48. The molecule has 3 rings (SSSR count). The van der Waals surface area contributed by atoms with Crippen LogP contribution in [-0.2, 0) is 0 Å². The summed E-state index contributed by atoms with van der Waals surface area (Å²) in [5, 5.41) is 2.06. The van der Waals surface area contributed by atoms with Crippen molar-refractivity contribution in [1.82, 2.24) is 4.98 Å². The second-order valence-electron chi connectivity index (χ2n) is 3.00. The molecule has 14 heavy (non-hydrogen) atoms. The Morgan fingerprint density at radius 2 is 1.93 bits per heavy atom. The zero-order valence-corrected chi connectivity index (χ0v) is 7.31. The smallest absolute Gasteiger partial charge is 0.178 e. The molecule has 2 aromatic rings. The number of ether oxygens (including phenoxy) is 2. The zero-order chi connectivity index (χ0) is 9.38. The number of fused-ring (bicyclic) bond motifs is 3. The number of rotatable bonds is 0. The first-order valence-corrected chi connectivity index (χ1v) is 4.30. The van der Waals surface area contributed by atoms with E-state index in [1.54, 1.807) is 12.4 Å². The van der Waals surface area contributed by atoms with E-state index < -0.39 is 0 Å². The molecular weight excluding hydrogens is 178 g/mol. The Labute approximate surface area is 80.6 Å². The number of hydrogen-bond acceptors (Lipinski definition) is 3. The molecule has 0 saturated heterocycles. The Morgan fingerprint density at radius 3 is 2.93 bits per heavy atom. The summed E-state index contributed by atoms with van der Waals surface area (Å²) >= 11 is 0. The van der Waals surface area contributed by atoms with Crippen LogP contribution in [-0.4, -0.2) is 4.98 Å². The summed E-state index contributed by atoms with van der Waals surface area (Å²) in [5.41, 5.74) is 0. The SMILES string of the molecule is C1=COc2c(ccc3ccncc23)O1. The molecule has 0 atom stereocenters. The molecule has 1 aromatic heterocycles. The van der Waals surface area contributed by atoms with Crippen LogP contribution >= 0.6 is 0 Å². The van der Waals surface area contributed by atoms with Crippen molar-refractivity contribution in [1.29, 1.82) is 0 Å². The van der Waals surface area contributed by atoms with E-state index in [0.29, 0.717) is 0 Å². The topological polar surface area (TPSA) is 31.4 Å². The Bertz CT molecular complexity index is 520. The van der Waals surface area contributed by atoms with Gasteiger partial charge in [0.25, 0.3) is 0 Å². The van der Waals surface area contributed by atoms with Crippen LogP contribution in [0.2, 0.25) is 0 Å². The van der Waals surface area contributed by atoms with E-state index in [-0.39, 0.29) is 0 Å². The highest BCUT2D eigenvalue weighted by Crippen LogP contribution is 2.37. The summed E-state index contributed by atoms with van der Waals surface area (Å²) in [7, 11) is 0. The van der Waals surface area contributed by atoms with Gasteiger partial charge >= 0.3 is 0 Å². The van der Waals surface area contributed by atoms with E-state index in [9.17, 15) is 0 Å². The van der Waals surface area contributed by atoms with Crippen molar-refractivity contribution in [2.75, 3.05) is 0 Å². The third kappa shape index (κ3) is 0.956. The number of pyridine rings is 1. The minimum absolute atomic E-state index is 0.730. The van der Waals surface area contributed by atoms with Crippen LogP contribution in [0.1, 0.15) is 0 Å². The lowest BCUT2D eigenvalue weighted by Gasteiger charge is -2.13. The van der Waals surface area contributed by atoms with E-state index in [2.05, 4.69) is 4.98 Å². The zero-order valence-electron chi connectivity index (χ0n) is 7.31. The Morgan fingerprint density at radius 1 is 1.00 bits per heavy atom. The first kappa shape index (κ1) is 7.38. The second kappa shape index (κ2) is 2.73. The van der Waals surface area contributed by atoms with Gasteiger partial charge in [0, 0.05) is 17.8 Å². The second-order valence-corrected chi connectivity index (χ2v) is 3.00. The Kier molecular flexibility index (Phi) is 1.44. The molecule has 0 bridgehead atoms. The fourth-order valence-corrected chi connectivity index (χ4v) is 1.53. The van der Waals surface area contributed by atoms with Crippen LogP contribution in [0, 0.1) is 0 Å². The van der Waals surface area contributed by atoms with Gasteiger partial charge in [-0.2, -0.15) is 0 Å². The fourth-order valence-electron chi connectivity index (χ4n) is 1.53. The molecule has 68 valence electrons. The molecule has 0 amide bonds. The molecule has 3 nitrogen and oxygen atoms in total. The van der Waals surface area contributed by atoms with Gasteiger partial charge < -0.3 is 9.47 Å². The van der Waals surface area contributed by atoms with Crippen molar-refractivity contribution >= 4 is 10.8 Å². The average molecular weight is 185 g/mol. The van der Waals surface area contributed by atoms with Crippen molar-refractivity contribution in [3.8, 4) is 11.5 Å². The molecule has 0 unspecified atom stereocenters. The molecule has 0 fully saturated rings. The van der Waals surface area contributed by atoms with Gasteiger partial charge in [0.05, 0.1) is 0 Å². The molecular formula is C11H7NO2. The van der Waals surface area contributed by atoms with Gasteiger partial charge in [-0.3, -0.25) is 4.98 Å². The van der Waals surface area contributed by atoms with Crippen molar-refractivity contribution < 1.29 is 9.47 Å². The summed E-state index contributed by atoms with van der Waals surface area (Å²) in [5.74, 6) is 1.46. The summed E-state index contributed by atoms with van der Waals surface area (Å²) in [4.78, 5) is 4.06. The van der Waals surface area contributed by atoms with Crippen LogP contribution in [0.4, 0.5) is 0 Å². The molecule has 3 heteroatoms. The summed E-state index contributed by atoms with van der Waals surface area (Å²) in [6.07, 6.45) is 6.57. The van der Waals surface area contributed by atoms with E-state index in [0.717, 1.165) is 22.3 Å². The third-order valence-electron chi connectivity index (χ3n) is 2.17. The average Bonchev–Trinajstić information content (AvgIpc) is 2.29. The third-order valence-corrected chi connectivity index (χ3v) is 2.17. The van der Waals surface area contributed by atoms with Crippen LogP contribution in [0.25, 0.3) is 10.8 Å². The normalized spacial score (nSPS) is 13.1. The Balaban J connectivity index is 2.37. The van der Waals surface area contributed by atoms with Crippen LogP contribution in [0.15, 0.2) is 43.1 Å². The van der Waals surface area contributed by atoms with Gasteiger partial charge in [-0.1, -0.05) is 6.07 Å². The molecule has 0 saturated carbocycles. The monoisotopic (exact) mass is 185 g/mol. The van der Waals surface area contributed by atoms with E-state index in [4.69, 9.17) is 9.47 Å². The van der Waals surface area contributed by atoms with Gasteiger partial charge in [0.1, 0.15) is 12.5 Å². The maximum absolute atomic E-state index is 5.39. The lowest BCUT2D eigenvalue weighted by Crippen LogP contribution is -1.96. The van der Waals surface area contributed by atoms with Crippen LogP contribution < -0.4 is 9.47 Å². The number of nitrogens with zero attached hydrogens (tertiary/aromatic N) is 1. The molecule has 0 N–H and O–H groups in total. The van der Waals surface area contributed by atoms with Crippen LogP contribution in [0.5, 0.6) is 11.5 Å². The van der Waals surface area contributed by atoms with Gasteiger partial charge in [0.2, 0.25) is 0 Å². The molecule has 2 heterocycles. The highest BCUT2D eigenvalue weighted by atomic mass is 16.5. The van der Waals surface area contributed by atoms with Gasteiger partial charge in [-0.25, -0.2) is 0 Å². The quantitative estimate of drug-likeness (QED) is 0.631. The standard InChI is InChI=1S/C11H7NO2/c1-2-10-11(14-6-5-13-10)9-7-12-4-3-8(1)9/h1-7H. The minimum atomic E-state index is 0.730. The molecule has 0 radical (unpaired) electrons. The van der Waals surface area contributed by atoms with Gasteiger partial charge in [-0.05, 0) is 17.5 Å². The van der Waals surface area contributed by atoms with Gasteiger partial charge in [-0.15, -0.1) is 0 Å². The molecule has 1 aromatic carbocycles. The van der Waals surface area contributed by atoms with E-state index in [1.165, 1.54) is 12.5 Å². The van der Waals surface area contributed by atoms with Crippen molar-refractivity contribution in [3.63, 3.8) is 0 Å². The highest BCUT2D eigenvalue weighted by molar-refractivity contribution is 5.90. The van der Waals surface area contributed by atoms with Crippen LogP contribution in [0.3, 0.4) is 0 Å². The summed E-state index contributed by atoms with van der Waals surface area (Å²) < 4.78 is 10.7. The molecule has 0 aliphatic carbocycles. The highest BCUT2D eigenvalue weighted by Gasteiger charge is 2.11. The first-order chi connectivity index (χ1) is 6.95. The predicted molar refractivity (Wildman–Crippen MR) is 52.1 cm³/mol. The summed E-state index contributed by atoms with van der Waals surface area (Å²) in [6, 6.07) is 5.82. The van der Waals surface area contributed by atoms with Crippen molar-refractivity contribution in [2.45, 2.75) is 0 Å². The van der Waals surface area contributed by atoms with E-state index in [1.807, 2.05) is 18.2 Å². The minimum Gasteiger partial charge on any atom is -0.458 e. The number of benzene rings is 1. The lowest BCUT2D eigenvalue weighted by atomic mass is 10.1. The van der Waals surface area contributed by atoms with Crippen molar-refractivity contribution in [2.24, 2.45) is 0 Å². The fraction of sp³-hybridized carbons (Fsp3) is 0. The van der Waals surface area contributed by atoms with Gasteiger partial charge in [0.15, 0.2) is 11.5 Å². The lowest BCUT2D eigenvalue weighted by molar-refractivity contribution is 0.365.